The molecule has 1 rings (SSSR count). The van der Waals surface area contributed by atoms with Gasteiger partial charge in [-0.15, -0.1) is 0 Å². The lowest BCUT2D eigenvalue weighted by molar-refractivity contribution is -0.157. The van der Waals surface area contributed by atoms with E-state index in [0.29, 0.717) is 18.4 Å². The summed E-state index contributed by atoms with van der Waals surface area (Å²) in [4.78, 5) is 23.1. The molecule has 1 aromatic carbocycles. The Balaban J connectivity index is 2.70. The largest absolute Gasteiger partial charge is 0.392 e. The number of aliphatic hydroxyl groups excluding tert-OH is 1. The van der Waals surface area contributed by atoms with Gasteiger partial charge >= 0.3 is 11.9 Å². The number of carbonyl (C=O) groups excluding carboxylic acids is 2. The molecule has 0 aromatic heterocycles. The van der Waals surface area contributed by atoms with Crippen molar-refractivity contribution in [3.05, 3.63) is 41.6 Å². The van der Waals surface area contributed by atoms with Crippen LogP contribution in [-0.4, -0.2) is 17.0 Å². The van der Waals surface area contributed by atoms with Gasteiger partial charge in [0.15, 0.2) is 0 Å². The number of benzene rings is 1. The predicted molar refractivity (Wildman–Crippen MR) is 80.4 cm³/mol. The van der Waals surface area contributed by atoms with E-state index in [4.69, 9.17) is 9.84 Å². The summed E-state index contributed by atoms with van der Waals surface area (Å²) in [5, 5.41) is 12.0. The average Bonchev–Trinajstić information content (AvgIpc) is 2.48. The molecule has 0 aliphatic rings. The number of rotatable bonds is 7. The molecular weight excluding hydrogens is 270 g/mol. The van der Waals surface area contributed by atoms with Gasteiger partial charge in [0.1, 0.15) is 0 Å². The Bertz CT molecular complexity index is 523. The van der Waals surface area contributed by atoms with Crippen LogP contribution in [0, 0.1) is 0 Å². The Labute approximate surface area is 124 Å². The molecule has 0 saturated carbocycles. The maximum Gasteiger partial charge on any atom is 0.343 e. The molecule has 5 nitrogen and oxygen atoms in total. The van der Waals surface area contributed by atoms with Crippen LogP contribution in [0.25, 0.3) is 0 Å². The van der Waals surface area contributed by atoms with Gasteiger partial charge in [-0.2, -0.15) is 0 Å². The quantitative estimate of drug-likeness (QED) is 0.459. The summed E-state index contributed by atoms with van der Waals surface area (Å²) in [5.41, 5.74) is 1.90. The van der Waals surface area contributed by atoms with Crippen LogP contribution in [0.2, 0.25) is 0 Å². The molecule has 0 fully saturated rings. The second kappa shape index (κ2) is 8.92. The Hall–Kier alpha value is -2.14. The van der Waals surface area contributed by atoms with E-state index in [9.17, 15) is 9.59 Å². The smallest absolute Gasteiger partial charge is 0.343 e. The number of nitrogens with one attached hydrogen (secondary N) is 1. The summed E-state index contributed by atoms with van der Waals surface area (Å²) in [6.45, 7) is 3.61. The summed E-state index contributed by atoms with van der Waals surface area (Å²) in [6.07, 6.45) is 2.85. The van der Waals surface area contributed by atoms with E-state index in [1.807, 2.05) is 19.9 Å². The standard InChI is InChI=1S/C16H21NO4/c1-3-6-15(19)21-16(20)13(4-2)10-17-14-8-5-7-12(9-14)11-18/h5,7-10,17-18H,3-4,6,11H2,1-2H3. The zero-order valence-electron chi connectivity index (χ0n) is 12.4. The van der Waals surface area contributed by atoms with Crippen LogP contribution in [0.4, 0.5) is 5.69 Å². The highest BCUT2D eigenvalue weighted by molar-refractivity contribution is 5.96. The summed E-state index contributed by atoms with van der Waals surface area (Å²) in [5.74, 6) is -1.13. The Morgan fingerprint density at radius 1 is 1.33 bits per heavy atom. The highest BCUT2D eigenvalue weighted by Crippen LogP contribution is 2.12. The van der Waals surface area contributed by atoms with Crippen molar-refractivity contribution in [1.82, 2.24) is 0 Å². The van der Waals surface area contributed by atoms with Gasteiger partial charge in [0, 0.05) is 18.3 Å². The van der Waals surface area contributed by atoms with Crippen LogP contribution >= 0.6 is 0 Å². The van der Waals surface area contributed by atoms with Crippen LogP contribution < -0.4 is 5.32 Å². The van der Waals surface area contributed by atoms with Gasteiger partial charge in [-0.3, -0.25) is 4.79 Å². The van der Waals surface area contributed by atoms with Gasteiger partial charge in [-0.1, -0.05) is 26.0 Å². The third-order valence-electron chi connectivity index (χ3n) is 2.83. The maximum atomic E-state index is 11.8. The second-order valence-corrected chi connectivity index (χ2v) is 4.54. The van der Waals surface area contributed by atoms with Gasteiger partial charge in [0.2, 0.25) is 0 Å². The van der Waals surface area contributed by atoms with Crippen LogP contribution in [0.3, 0.4) is 0 Å². The minimum absolute atomic E-state index is 0.0482. The average molecular weight is 291 g/mol. The first-order valence-electron chi connectivity index (χ1n) is 7.01. The number of anilines is 1. The fraction of sp³-hybridized carbons (Fsp3) is 0.375. The first kappa shape index (κ1) is 16.9. The number of hydrogen-bond donors (Lipinski definition) is 2. The van der Waals surface area contributed by atoms with Crippen molar-refractivity contribution in [2.24, 2.45) is 0 Å². The highest BCUT2D eigenvalue weighted by atomic mass is 16.6. The van der Waals surface area contributed by atoms with Crippen molar-refractivity contribution in [2.45, 2.75) is 39.7 Å². The fourth-order valence-electron chi connectivity index (χ4n) is 1.66. The lowest BCUT2D eigenvalue weighted by atomic mass is 10.2. The van der Waals surface area contributed by atoms with E-state index < -0.39 is 11.9 Å². The van der Waals surface area contributed by atoms with E-state index in [1.54, 1.807) is 18.2 Å². The van der Waals surface area contributed by atoms with Gasteiger partial charge in [-0.25, -0.2) is 4.79 Å². The summed E-state index contributed by atoms with van der Waals surface area (Å²) in [7, 11) is 0. The van der Waals surface area contributed by atoms with Crippen molar-refractivity contribution in [2.75, 3.05) is 5.32 Å². The number of aliphatic hydroxyl groups is 1. The summed E-state index contributed by atoms with van der Waals surface area (Å²) >= 11 is 0. The number of ether oxygens (including phenoxy) is 1. The maximum absolute atomic E-state index is 11.8. The second-order valence-electron chi connectivity index (χ2n) is 4.54. The van der Waals surface area contributed by atoms with Crippen LogP contribution in [-0.2, 0) is 20.9 Å². The van der Waals surface area contributed by atoms with Crippen molar-refractivity contribution < 1.29 is 19.4 Å². The van der Waals surface area contributed by atoms with E-state index in [1.165, 1.54) is 6.20 Å². The molecule has 0 aliphatic carbocycles. The molecule has 2 N–H and O–H groups in total. The van der Waals surface area contributed by atoms with Crippen LogP contribution in [0.1, 0.15) is 38.7 Å². The Kier molecular flexibility index (Phi) is 7.18. The summed E-state index contributed by atoms with van der Waals surface area (Å²) in [6, 6.07) is 7.19. The minimum Gasteiger partial charge on any atom is -0.392 e. The topological polar surface area (TPSA) is 75.6 Å². The molecule has 0 aliphatic heterocycles. The zero-order chi connectivity index (χ0) is 15.7. The fourth-order valence-corrected chi connectivity index (χ4v) is 1.66. The molecule has 114 valence electrons. The van der Waals surface area contributed by atoms with Crippen LogP contribution in [0.15, 0.2) is 36.0 Å². The molecule has 0 atom stereocenters. The first-order chi connectivity index (χ1) is 10.1. The SMILES string of the molecule is CCCC(=O)OC(=O)C(=CNc1cccc(CO)c1)CC. The van der Waals surface area contributed by atoms with Crippen molar-refractivity contribution in [3.63, 3.8) is 0 Å². The van der Waals surface area contributed by atoms with Crippen molar-refractivity contribution in [1.29, 1.82) is 0 Å². The number of carbonyl (C=O) groups is 2. The minimum atomic E-state index is -0.623. The molecular formula is C16H21NO4. The predicted octanol–water partition coefficient (Wildman–Crippen LogP) is 2.75. The molecule has 0 bridgehead atoms. The number of hydrogen-bond acceptors (Lipinski definition) is 5. The van der Waals surface area contributed by atoms with E-state index in [-0.39, 0.29) is 13.0 Å². The third-order valence-corrected chi connectivity index (χ3v) is 2.83. The molecule has 0 radical (unpaired) electrons. The lowest BCUT2D eigenvalue weighted by Crippen LogP contribution is -2.14. The zero-order valence-corrected chi connectivity index (χ0v) is 12.4. The molecule has 0 heterocycles. The lowest BCUT2D eigenvalue weighted by Gasteiger charge is -2.07. The molecule has 5 heteroatoms. The van der Waals surface area contributed by atoms with Crippen molar-refractivity contribution >= 4 is 17.6 Å². The molecule has 0 saturated heterocycles. The van der Waals surface area contributed by atoms with Gasteiger partial charge < -0.3 is 15.2 Å². The van der Waals surface area contributed by atoms with Gasteiger partial charge in [-0.05, 0) is 30.5 Å². The monoisotopic (exact) mass is 291 g/mol. The van der Waals surface area contributed by atoms with Crippen molar-refractivity contribution in [3.8, 4) is 0 Å². The highest BCUT2D eigenvalue weighted by Gasteiger charge is 2.13. The third kappa shape index (κ3) is 5.79. The number of esters is 2. The Morgan fingerprint density at radius 3 is 2.71 bits per heavy atom. The van der Waals surface area contributed by atoms with E-state index >= 15 is 0 Å². The van der Waals surface area contributed by atoms with E-state index in [2.05, 4.69) is 5.32 Å². The van der Waals surface area contributed by atoms with Gasteiger partial charge in [0.25, 0.3) is 0 Å². The first-order valence-corrected chi connectivity index (χ1v) is 7.01. The summed E-state index contributed by atoms with van der Waals surface area (Å²) < 4.78 is 4.75. The van der Waals surface area contributed by atoms with Gasteiger partial charge in [0.05, 0.1) is 12.2 Å². The molecule has 0 spiro atoms. The normalized spacial score (nSPS) is 11.1. The molecule has 1 aromatic rings. The van der Waals surface area contributed by atoms with E-state index in [0.717, 1.165) is 11.3 Å². The van der Waals surface area contributed by atoms with Crippen LogP contribution in [0.5, 0.6) is 0 Å². The molecule has 0 amide bonds. The molecule has 0 unspecified atom stereocenters. The Morgan fingerprint density at radius 2 is 2.10 bits per heavy atom. The molecule has 21 heavy (non-hydrogen) atoms.